The van der Waals surface area contributed by atoms with Crippen molar-refractivity contribution in [1.29, 1.82) is 0 Å². The van der Waals surface area contributed by atoms with Gasteiger partial charge in [-0.2, -0.15) is 0 Å². The lowest BCUT2D eigenvalue weighted by Gasteiger charge is -2.16. The zero-order chi connectivity index (χ0) is 26.8. The third-order valence-corrected chi connectivity index (χ3v) is 8.59. The van der Waals surface area contributed by atoms with Gasteiger partial charge in [0.25, 0.3) is 5.56 Å². The van der Waals surface area contributed by atoms with Crippen LogP contribution in [-0.2, 0) is 11.3 Å². The summed E-state index contributed by atoms with van der Waals surface area (Å²) in [5, 5.41) is 4.65. The fraction of sp³-hybridized carbons (Fsp3) is 0.138. The number of nitrogens with zero attached hydrogens (tertiary/aromatic N) is 2. The van der Waals surface area contributed by atoms with Crippen molar-refractivity contribution < 1.29 is 4.79 Å². The molecule has 38 heavy (non-hydrogen) atoms. The van der Waals surface area contributed by atoms with Gasteiger partial charge in [0, 0.05) is 26.2 Å². The van der Waals surface area contributed by atoms with Gasteiger partial charge < -0.3 is 5.32 Å². The van der Waals surface area contributed by atoms with Crippen LogP contribution in [0, 0.1) is 6.92 Å². The maximum absolute atomic E-state index is 14.1. The van der Waals surface area contributed by atoms with Gasteiger partial charge in [0.15, 0.2) is 5.16 Å². The predicted octanol–water partition coefficient (Wildman–Crippen LogP) is 7.91. The second-order valence-electron chi connectivity index (χ2n) is 8.75. The Morgan fingerprint density at radius 1 is 1.03 bits per heavy atom. The smallest absolute Gasteiger partial charge is 0.263 e. The van der Waals surface area contributed by atoms with E-state index in [1.54, 1.807) is 35.8 Å². The molecule has 2 aromatic heterocycles. The van der Waals surface area contributed by atoms with Crippen LogP contribution in [-0.4, -0.2) is 20.7 Å². The first-order valence-electron chi connectivity index (χ1n) is 11.9. The standard InChI is InChI=1S/C29H23Cl2N3O2S2/c1-17-24(20-9-6-10-22(31)15-20)25-27(37-17)33-29(34(28(25)36)16-19-7-4-3-5-8-19)38-18(2)26(35)32-23-13-11-21(30)12-14-23/h3-15,18H,16H2,1-2H3,(H,32,35)/t18-/m0/s1. The summed E-state index contributed by atoms with van der Waals surface area (Å²) in [5.74, 6) is -0.195. The quantitative estimate of drug-likeness (QED) is 0.157. The van der Waals surface area contributed by atoms with Gasteiger partial charge >= 0.3 is 0 Å². The monoisotopic (exact) mass is 579 g/mol. The molecule has 0 bridgehead atoms. The summed E-state index contributed by atoms with van der Waals surface area (Å²) >= 11 is 15.0. The zero-order valence-electron chi connectivity index (χ0n) is 20.6. The molecule has 5 aromatic rings. The molecule has 1 atom stereocenters. The van der Waals surface area contributed by atoms with Crippen molar-refractivity contribution in [3.63, 3.8) is 0 Å². The van der Waals surface area contributed by atoms with Crippen LogP contribution in [0.25, 0.3) is 21.3 Å². The largest absolute Gasteiger partial charge is 0.325 e. The van der Waals surface area contributed by atoms with E-state index >= 15 is 0 Å². The summed E-state index contributed by atoms with van der Waals surface area (Å²) in [4.78, 5) is 33.6. The van der Waals surface area contributed by atoms with Gasteiger partial charge in [-0.05, 0) is 61.4 Å². The van der Waals surface area contributed by atoms with Crippen LogP contribution in [0.3, 0.4) is 0 Å². The van der Waals surface area contributed by atoms with Crippen molar-refractivity contribution in [3.8, 4) is 11.1 Å². The molecule has 0 aliphatic carbocycles. The van der Waals surface area contributed by atoms with E-state index in [4.69, 9.17) is 28.2 Å². The first-order chi connectivity index (χ1) is 18.3. The van der Waals surface area contributed by atoms with Crippen LogP contribution < -0.4 is 10.9 Å². The van der Waals surface area contributed by atoms with Crippen molar-refractivity contribution in [1.82, 2.24) is 9.55 Å². The Labute approximate surface area is 238 Å². The number of thioether (sulfide) groups is 1. The number of fused-ring (bicyclic) bond motifs is 1. The van der Waals surface area contributed by atoms with Gasteiger partial charge in [0.05, 0.1) is 17.2 Å². The lowest BCUT2D eigenvalue weighted by molar-refractivity contribution is -0.115. The molecule has 0 spiro atoms. The minimum Gasteiger partial charge on any atom is -0.325 e. The van der Waals surface area contributed by atoms with Crippen molar-refractivity contribution >= 4 is 68.1 Å². The first kappa shape index (κ1) is 26.5. The first-order valence-corrected chi connectivity index (χ1v) is 14.3. The number of hydrogen-bond acceptors (Lipinski definition) is 5. The molecule has 1 N–H and O–H groups in total. The van der Waals surface area contributed by atoms with Gasteiger partial charge in [-0.15, -0.1) is 11.3 Å². The van der Waals surface area contributed by atoms with Crippen LogP contribution in [0.2, 0.25) is 10.0 Å². The molecular formula is C29H23Cl2N3O2S2. The number of carbonyl (C=O) groups excluding carboxylic acids is 1. The number of carbonyl (C=O) groups is 1. The molecule has 5 rings (SSSR count). The van der Waals surface area contributed by atoms with Crippen molar-refractivity contribution in [3.05, 3.63) is 110 Å². The van der Waals surface area contributed by atoms with E-state index in [0.717, 1.165) is 21.6 Å². The summed E-state index contributed by atoms with van der Waals surface area (Å²) in [6.07, 6.45) is 0. The Bertz CT molecular complexity index is 1680. The van der Waals surface area contributed by atoms with Gasteiger partial charge in [-0.1, -0.05) is 77.4 Å². The summed E-state index contributed by atoms with van der Waals surface area (Å²) in [7, 11) is 0. The molecule has 0 saturated heterocycles. The molecule has 0 unspecified atom stereocenters. The van der Waals surface area contributed by atoms with Crippen molar-refractivity contribution in [2.75, 3.05) is 5.32 Å². The third kappa shape index (κ3) is 5.66. The summed E-state index contributed by atoms with van der Waals surface area (Å²) in [6.45, 7) is 4.12. The summed E-state index contributed by atoms with van der Waals surface area (Å²) < 4.78 is 1.66. The molecule has 0 saturated carbocycles. The van der Waals surface area contributed by atoms with Crippen LogP contribution >= 0.6 is 46.3 Å². The maximum Gasteiger partial charge on any atom is 0.263 e. The third-order valence-electron chi connectivity index (χ3n) is 6.01. The van der Waals surface area contributed by atoms with Crippen LogP contribution in [0.1, 0.15) is 17.4 Å². The van der Waals surface area contributed by atoms with E-state index < -0.39 is 5.25 Å². The Balaban J connectivity index is 1.57. The van der Waals surface area contributed by atoms with Crippen molar-refractivity contribution in [2.45, 2.75) is 30.8 Å². The van der Waals surface area contributed by atoms with E-state index in [9.17, 15) is 9.59 Å². The minimum absolute atomic E-state index is 0.147. The fourth-order valence-electron chi connectivity index (χ4n) is 4.15. The number of halogens is 2. The predicted molar refractivity (Wildman–Crippen MR) is 160 cm³/mol. The second kappa shape index (κ2) is 11.3. The topological polar surface area (TPSA) is 64.0 Å². The van der Waals surface area contributed by atoms with E-state index in [1.807, 2.05) is 61.5 Å². The Morgan fingerprint density at radius 2 is 1.76 bits per heavy atom. The molecule has 3 aromatic carbocycles. The summed E-state index contributed by atoms with van der Waals surface area (Å²) in [6, 6.07) is 24.2. The number of aryl methyl sites for hydroxylation is 1. The van der Waals surface area contributed by atoms with Gasteiger partial charge in [-0.3, -0.25) is 14.2 Å². The lowest BCUT2D eigenvalue weighted by Crippen LogP contribution is -2.27. The zero-order valence-corrected chi connectivity index (χ0v) is 23.7. The molecule has 1 amide bonds. The molecule has 0 radical (unpaired) electrons. The maximum atomic E-state index is 14.1. The number of nitrogens with one attached hydrogen (secondary N) is 1. The van der Waals surface area contributed by atoms with Crippen molar-refractivity contribution in [2.24, 2.45) is 0 Å². The number of amides is 1. The van der Waals surface area contributed by atoms with E-state index in [2.05, 4.69) is 5.32 Å². The lowest BCUT2D eigenvalue weighted by atomic mass is 10.0. The SMILES string of the molecule is Cc1sc2nc(S[C@@H](C)C(=O)Nc3ccc(Cl)cc3)n(Cc3ccccc3)c(=O)c2c1-c1cccc(Cl)c1. The average molecular weight is 581 g/mol. The Hall–Kier alpha value is -3.10. The number of rotatable bonds is 7. The molecule has 5 nitrogen and oxygen atoms in total. The van der Waals surface area contributed by atoms with E-state index in [0.29, 0.717) is 37.7 Å². The average Bonchev–Trinajstić information content (AvgIpc) is 3.24. The molecule has 9 heteroatoms. The minimum atomic E-state index is -0.509. The number of benzene rings is 3. The van der Waals surface area contributed by atoms with E-state index in [-0.39, 0.29) is 11.5 Å². The normalized spacial score (nSPS) is 12.0. The molecular weight excluding hydrogens is 557 g/mol. The molecule has 0 aliphatic heterocycles. The summed E-state index contributed by atoms with van der Waals surface area (Å²) in [5.41, 5.74) is 3.19. The van der Waals surface area contributed by atoms with Crippen LogP contribution in [0.5, 0.6) is 0 Å². The second-order valence-corrected chi connectivity index (χ2v) is 12.1. The number of hydrogen-bond donors (Lipinski definition) is 1. The Kier molecular flexibility index (Phi) is 7.91. The highest BCUT2D eigenvalue weighted by Crippen LogP contribution is 2.38. The van der Waals surface area contributed by atoms with Crippen LogP contribution in [0.4, 0.5) is 5.69 Å². The number of thiophene rings is 1. The van der Waals surface area contributed by atoms with Gasteiger partial charge in [0.2, 0.25) is 5.91 Å². The van der Waals surface area contributed by atoms with E-state index in [1.165, 1.54) is 23.1 Å². The molecule has 0 aliphatic rings. The molecule has 192 valence electrons. The highest BCUT2D eigenvalue weighted by Gasteiger charge is 2.23. The highest BCUT2D eigenvalue weighted by molar-refractivity contribution is 8.00. The van der Waals surface area contributed by atoms with Gasteiger partial charge in [0.1, 0.15) is 4.83 Å². The number of anilines is 1. The van der Waals surface area contributed by atoms with Crippen LogP contribution in [0.15, 0.2) is 88.8 Å². The highest BCUT2D eigenvalue weighted by atomic mass is 35.5. The Morgan fingerprint density at radius 3 is 2.47 bits per heavy atom. The molecule has 2 heterocycles. The van der Waals surface area contributed by atoms with Gasteiger partial charge in [-0.25, -0.2) is 4.98 Å². The molecule has 0 fully saturated rings. The number of aromatic nitrogens is 2. The fourth-order valence-corrected chi connectivity index (χ4v) is 6.46.